The van der Waals surface area contributed by atoms with Crippen LogP contribution in [0.1, 0.15) is 36.1 Å². The molecule has 0 fully saturated rings. The summed E-state index contributed by atoms with van der Waals surface area (Å²) < 4.78 is 0. The van der Waals surface area contributed by atoms with Crippen LogP contribution in [0.3, 0.4) is 0 Å². The first-order valence-corrected chi connectivity index (χ1v) is 7.17. The molecular weight excluding hydrogens is 258 g/mol. The van der Waals surface area contributed by atoms with Crippen molar-refractivity contribution in [3.8, 4) is 0 Å². The largest absolute Gasteiger partial charge is 0.323 e. The Labute approximate surface area is 118 Å². The number of hydrogen-bond donors (Lipinski definition) is 2. The van der Waals surface area contributed by atoms with E-state index >= 15 is 0 Å². The number of anilines is 1. The van der Waals surface area contributed by atoms with E-state index in [9.17, 15) is 0 Å². The number of nitrogen functional groups attached to an aromatic ring is 1. The normalized spacial score (nSPS) is 15.1. The second-order valence-corrected chi connectivity index (χ2v) is 5.59. The van der Waals surface area contributed by atoms with Gasteiger partial charge in [-0.1, -0.05) is 30.2 Å². The molecule has 0 saturated heterocycles. The second kappa shape index (κ2) is 4.99. The molecule has 0 bridgehead atoms. The molecule has 0 unspecified atom stereocenters. The predicted octanol–water partition coefficient (Wildman–Crippen LogP) is 3.75. The van der Waals surface area contributed by atoms with Crippen LogP contribution < -0.4 is 11.3 Å². The highest BCUT2D eigenvalue weighted by atomic mass is 35.5. The van der Waals surface area contributed by atoms with Crippen molar-refractivity contribution >= 4 is 28.2 Å². The van der Waals surface area contributed by atoms with Gasteiger partial charge >= 0.3 is 0 Å². The maximum atomic E-state index is 6.41. The summed E-state index contributed by atoms with van der Waals surface area (Å²) in [6.45, 7) is 2.00. The average molecular weight is 276 g/mol. The minimum Gasteiger partial charge on any atom is -0.323 e. The fraction of sp³-hybridized carbons (Fsp3) is 0.400. The summed E-state index contributed by atoms with van der Waals surface area (Å²) in [6, 6.07) is 4.08. The van der Waals surface area contributed by atoms with Crippen molar-refractivity contribution in [1.82, 2.24) is 4.98 Å². The summed E-state index contributed by atoms with van der Waals surface area (Å²) in [5.74, 6) is 5.76. The predicted molar refractivity (Wildman–Crippen MR) is 80.6 cm³/mol. The second-order valence-electron chi connectivity index (χ2n) is 5.21. The first-order chi connectivity index (χ1) is 9.22. The average Bonchev–Trinajstić information content (AvgIpc) is 2.66. The van der Waals surface area contributed by atoms with Crippen molar-refractivity contribution in [3.05, 3.63) is 34.0 Å². The molecule has 0 radical (unpaired) electrons. The lowest BCUT2D eigenvalue weighted by molar-refractivity contribution is 0.709. The number of pyridine rings is 1. The summed E-state index contributed by atoms with van der Waals surface area (Å²) in [5.41, 5.74) is 8.23. The number of halogens is 1. The van der Waals surface area contributed by atoms with Gasteiger partial charge in [-0.05, 0) is 43.7 Å². The first kappa shape index (κ1) is 12.7. The molecule has 1 aromatic carbocycles. The third-order valence-electron chi connectivity index (χ3n) is 3.96. The van der Waals surface area contributed by atoms with Crippen LogP contribution in [0.25, 0.3) is 10.9 Å². The van der Waals surface area contributed by atoms with Crippen LogP contribution in [-0.2, 0) is 12.8 Å². The summed E-state index contributed by atoms with van der Waals surface area (Å²) in [7, 11) is 0. The van der Waals surface area contributed by atoms with Crippen LogP contribution >= 0.6 is 11.6 Å². The molecule has 3 N–H and O–H groups in total. The molecule has 3 rings (SSSR count). The van der Waals surface area contributed by atoms with Crippen LogP contribution in [0.5, 0.6) is 0 Å². The number of nitrogens with zero attached hydrogens (tertiary/aromatic N) is 1. The standard InChI is InChI=1S/C15H18ClN3/c1-9-7-8-11-14(19-17)10-5-3-2-4-6-12(10)18-15(11)13(9)16/h7-8H,2-6,17H2,1H3,(H,18,19). The van der Waals surface area contributed by atoms with E-state index in [0.29, 0.717) is 0 Å². The van der Waals surface area contributed by atoms with Gasteiger partial charge in [-0.25, -0.2) is 0 Å². The molecule has 3 nitrogen and oxygen atoms in total. The summed E-state index contributed by atoms with van der Waals surface area (Å²) in [5, 5.41) is 1.76. The minimum absolute atomic E-state index is 0.737. The molecule has 1 aromatic heterocycles. The highest BCUT2D eigenvalue weighted by Gasteiger charge is 2.18. The zero-order chi connectivity index (χ0) is 13.4. The molecule has 19 heavy (non-hydrogen) atoms. The fourth-order valence-corrected chi connectivity index (χ4v) is 3.10. The van der Waals surface area contributed by atoms with Crippen LogP contribution in [-0.4, -0.2) is 4.98 Å². The van der Waals surface area contributed by atoms with Gasteiger partial charge in [0.15, 0.2) is 0 Å². The molecule has 1 aliphatic rings. The Morgan fingerprint density at radius 2 is 2.00 bits per heavy atom. The molecule has 1 heterocycles. The van der Waals surface area contributed by atoms with Gasteiger partial charge in [0, 0.05) is 11.1 Å². The number of aromatic nitrogens is 1. The lowest BCUT2D eigenvalue weighted by Gasteiger charge is -2.16. The Bertz CT molecular complexity index is 637. The molecular formula is C15H18ClN3. The Hall–Kier alpha value is -1.32. The Morgan fingerprint density at radius 1 is 1.21 bits per heavy atom. The summed E-state index contributed by atoms with van der Waals surface area (Å²) in [6.07, 6.45) is 5.71. The number of rotatable bonds is 1. The number of nitrogens with two attached hydrogens (primary N) is 1. The quantitative estimate of drug-likeness (QED) is 0.473. The van der Waals surface area contributed by atoms with Crippen LogP contribution in [0.4, 0.5) is 5.69 Å². The minimum atomic E-state index is 0.737. The van der Waals surface area contributed by atoms with Gasteiger partial charge in [0.2, 0.25) is 0 Å². The van der Waals surface area contributed by atoms with Crippen molar-refractivity contribution in [2.45, 2.75) is 39.0 Å². The molecule has 100 valence electrons. The van der Waals surface area contributed by atoms with Crippen molar-refractivity contribution in [1.29, 1.82) is 0 Å². The number of hydrogen-bond acceptors (Lipinski definition) is 3. The Morgan fingerprint density at radius 3 is 2.79 bits per heavy atom. The molecule has 0 saturated carbocycles. The van der Waals surface area contributed by atoms with Crippen molar-refractivity contribution in [2.75, 3.05) is 5.43 Å². The van der Waals surface area contributed by atoms with E-state index in [1.165, 1.54) is 24.8 Å². The van der Waals surface area contributed by atoms with Gasteiger partial charge in [-0.3, -0.25) is 10.8 Å². The van der Waals surface area contributed by atoms with Gasteiger partial charge in [-0.2, -0.15) is 0 Å². The topological polar surface area (TPSA) is 50.9 Å². The number of fused-ring (bicyclic) bond motifs is 2. The van der Waals surface area contributed by atoms with Gasteiger partial charge in [0.05, 0.1) is 16.2 Å². The van der Waals surface area contributed by atoms with Crippen molar-refractivity contribution in [2.24, 2.45) is 5.84 Å². The lowest BCUT2D eigenvalue weighted by Crippen LogP contribution is -2.12. The summed E-state index contributed by atoms with van der Waals surface area (Å²) in [4.78, 5) is 4.82. The van der Waals surface area contributed by atoms with E-state index in [2.05, 4.69) is 11.5 Å². The highest BCUT2D eigenvalue weighted by Crippen LogP contribution is 2.35. The number of hydrazine groups is 1. The van der Waals surface area contributed by atoms with Gasteiger partial charge < -0.3 is 5.43 Å². The van der Waals surface area contributed by atoms with Crippen LogP contribution in [0.15, 0.2) is 12.1 Å². The number of aryl methyl sites for hydroxylation is 2. The maximum absolute atomic E-state index is 6.41. The zero-order valence-electron chi connectivity index (χ0n) is 11.1. The van der Waals surface area contributed by atoms with Gasteiger partial charge in [0.25, 0.3) is 0 Å². The smallest absolute Gasteiger partial charge is 0.0915 e. The first-order valence-electron chi connectivity index (χ1n) is 6.79. The molecule has 1 aliphatic carbocycles. The molecule has 4 heteroatoms. The van der Waals surface area contributed by atoms with E-state index < -0.39 is 0 Å². The van der Waals surface area contributed by atoms with Crippen molar-refractivity contribution in [3.63, 3.8) is 0 Å². The third-order valence-corrected chi connectivity index (χ3v) is 4.44. The van der Waals surface area contributed by atoms with Gasteiger partial charge in [0.1, 0.15) is 0 Å². The Balaban J connectivity index is 2.36. The van der Waals surface area contributed by atoms with E-state index in [0.717, 1.165) is 45.7 Å². The monoisotopic (exact) mass is 275 g/mol. The van der Waals surface area contributed by atoms with Crippen LogP contribution in [0.2, 0.25) is 5.02 Å². The molecule has 0 spiro atoms. The molecule has 0 aliphatic heterocycles. The summed E-state index contributed by atoms with van der Waals surface area (Å²) >= 11 is 6.41. The zero-order valence-corrected chi connectivity index (χ0v) is 11.8. The maximum Gasteiger partial charge on any atom is 0.0915 e. The molecule has 0 amide bonds. The fourth-order valence-electron chi connectivity index (χ4n) is 2.90. The molecule has 0 atom stereocenters. The van der Waals surface area contributed by atoms with E-state index in [-0.39, 0.29) is 0 Å². The lowest BCUT2D eigenvalue weighted by atomic mass is 10.0. The van der Waals surface area contributed by atoms with E-state index in [4.69, 9.17) is 22.4 Å². The van der Waals surface area contributed by atoms with Crippen LogP contribution in [0, 0.1) is 6.92 Å². The van der Waals surface area contributed by atoms with Gasteiger partial charge in [-0.15, -0.1) is 0 Å². The van der Waals surface area contributed by atoms with E-state index in [1.54, 1.807) is 0 Å². The number of nitrogens with one attached hydrogen (secondary N) is 1. The Kier molecular flexibility index (Phi) is 3.33. The van der Waals surface area contributed by atoms with E-state index in [1.807, 2.05) is 13.0 Å². The number of benzene rings is 1. The highest BCUT2D eigenvalue weighted by molar-refractivity contribution is 6.36. The SMILES string of the molecule is Cc1ccc2c(NN)c3c(nc2c1Cl)CCCCC3. The molecule has 2 aromatic rings. The third kappa shape index (κ3) is 2.07. The van der Waals surface area contributed by atoms with Crippen molar-refractivity contribution < 1.29 is 0 Å².